The van der Waals surface area contributed by atoms with Crippen LogP contribution >= 0.6 is 0 Å². The van der Waals surface area contributed by atoms with Gasteiger partial charge in [-0.15, -0.1) is 0 Å². The fraction of sp³-hybridized carbons (Fsp3) is 0.542. The van der Waals surface area contributed by atoms with Gasteiger partial charge in [0.2, 0.25) is 11.7 Å². The highest BCUT2D eigenvalue weighted by Crippen LogP contribution is 2.40. The molecule has 30 heavy (non-hydrogen) atoms. The van der Waals surface area contributed by atoms with Gasteiger partial charge in [-0.25, -0.2) is 0 Å². The molecule has 2 atom stereocenters. The van der Waals surface area contributed by atoms with Crippen molar-refractivity contribution in [3.63, 3.8) is 0 Å². The molecular formula is C24H31N3O3. The number of hydrogen-bond donors (Lipinski definition) is 0. The summed E-state index contributed by atoms with van der Waals surface area (Å²) in [5.41, 5.74) is 2.75. The Morgan fingerprint density at radius 1 is 1.30 bits per heavy atom. The average Bonchev–Trinajstić information content (AvgIpc) is 3.34. The molecule has 6 heteroatoms. The molecule has 0 unspecified atom stereocenters. The summed E-state index contributed by atoms with van der Waals surface area (Å²) in [6, 6.07) is 9.96. The van der Waals surface area contributed by atoms with Gasteiger partial charge >= 0.3 is 0 Å². The molecule has 160 valence electrons. The first-order valence-electron chi connectivity index (χ1n) is 11.1. The van der Waals surface area contributed by atoms with Crippen LogP contribution in [0.4, 0.5) is 0 Å². The number of aromatic nitrogens is 1. The van der Waals surface area contributed by atoms with Gasteiger partial charge in [-0.1, -0.05) is 42.8 Å². The van der Waals surface area contributed by atoms with Crippen LogP contribution in [-0.2, 0) is 17.8 Å². The molecule has 4 rings (SSSR count). The van der Waals surface area contributed by atoms with E-state index < -0.39 is 0 Å². The third-order valence-electron chi connectivity index (χ3n) is 6.97. The predicted molar refractivity (Wildman–Crippen MR) is 114 cm³/mol. The van der Waals surface area contributed by atoms with Crippen LogP contribution in [0.3, 0.4) is 0 Å². The van der Waals surface area contributed by atoms with Crippen molar-refractivity contribution in [2.24, 2.45) is 0 Å². The molecule has 6 nitrogen and oxygen atoms in total. The van der Waals surface area contributed by atoms with Gasteiger partial charge in [0.15, 0.2) is 0 Å². The van der Waals surface area contributed by atoms with E-state index in [4.69, 9.17) is 4.52 Å². The lowest BCUT2D eigenvalue weighted by Gasteiger charge is -2.45. The SMILES string of the molecule is CCc1cc(C(=O)N2CC[C@]3(C)[C@H]2CCCCC(=O)N3Cc2ccccc2C)on1. The van der Waals surface area contributed by atoms with E-state index in [-0.39, 0.29) is 23.4 Å². The summed E-state index contributed by atoms with van der Waals surface area (Å²) in [4.78, 5) is 30.4. The summed E-state index contributed by atoms with van der Waals surface area (Å²) in [7, 11) is 0. The van der Waals surface area contributed by atoms with Crippen LogP contribution in [0.25, 0.3) is 0 Å². The smallest absolute Gasteiger partial charge is 0.292 e. The summed E-state index contributed by atoms with van der Waals surface area (Å²) < 4.78 is 5.34. The summed E-state index contributed by atoms with van der Waals surface area (Å²) in [5, 5.41) is 3.99. The van der Waals surface area contributed by atoms with E-state index in [9.17, 15) is 9.59 Å². The zero-order chi connectivity index (χ0) is 21.3. The lowest BCUT2D eigenvalue weighted by molar-refractivity contribution is -0.140. The van der Waals surface area contributed by atoms with Crippen molar-refractivity contribution in [1.29, 1.82) is 0 Å². The Morgan fingerprint density at radius 2 is 2.10 bits per heavy atom. The third kappa shape index (κ3) is 3.64. The lowest BCUT2D eigenvalue weighted by atomic mass is 9.84. The van der Waals surface area contributed by atoms with Gasteiger partial charge in [-0.05, 0) is 50.7 Å². The Bertz CT molecular complexity index is 937. The standard InChI is InChI=1S/C24H31N3O3/c1-4-19-15-20(30-25-19)23(29)26-14-13-24(3)21(26)11-7-8-12-22(28)27(24)16-18-10-6-5-9-17(18)2/h5-6,9-10,15,21H,4,7-8,11-14,16H2,1-3H3/t21-,24-/m1/s1. The molecule has 1 aromatic carbocycles. The Balaban J connectivity index is 1.65. The van der Waals surface area contributed by atoms with Crippen LogP contribution in [0, 0.1) is 6.92 Å². The number of amides is 2. The quantitative estimate of drug-likeness (QED) is 0.762. The molecule has 0 saturated carbocycles. The maximum absolute atomic E-state index is 13.3. The number of carbonyl (C=O) groups is 2. The predicted octanol–water partition coefficient (Wildman–Crippen LogP) is 4.12. The van der Waals surface area contributed by atoms with E-state index in [0.717, 1.165) is 37.8 Å². The van der Waals surface area contributed by atoms with Gasteiger partial charge < -0.3 is 14.3 Å². The fourth-order valence-electron chi connectivity index (χ4n) is 5.01. The highest BCUT2D eigenvalue weighted by molar-refractivity contribution is 5.92. The number of benzene rings is 1. The molecule has 2 saturated heterocycles. The molecule has 2 fully saturated rings. The Kier molecular flexibility index (Phi) is 5.67. The largest absolute Gasteiger partial charge is 0.351 e. The van der Waals surface area contributed by atoms with Crippen molar-refractivity contribution < 1.29 is 14.1 Å². The number of aryl methyl sites for hydroxylation is 2. The van der Waals surface area contributed by atoms with E-state index in [1.807, 2.05) is 28.9 Å². The molecule has 3 heterocycles. The molecular weight excluding hydrogens is 378 g/mol. The normalized spacial score (nSPS) is 24.5. The average molecular weight is 410 g/mol. The topological polar surface area (TPSA) is 66.7 Å². The van der Waals surface area contributed by atoms with Crippen molar-refractivity contribution in [3.8, 4) is 0 Å². The summed E-state index contributed by atoms with van der Waals surface area (Å²) in [5.74, 6) is 0.377. The molecule has 2 aliphatic rings. The maximum Gasteiger partial charge on any atom is 0.292 e. The van der Waals surface area contributed by atoms with Crippen molar-refractivity contribution >= 4 is 11.8 Å². The van der Waals surface area contributed by atoms with Gasteiger partial charge in [0.1, 0.15) is 0 Å². The zero-order valence-electron chi connectivity index (χ0n) is 18.2. The van der Waals surface area contributed by atoms with Crippen LogP contribution in [0.5, 0.6) is 0 Å². The molecule has 0 radical (unpaired) electrons. The number of hydrogen-bond acceptors (Lipinski definition) is 4. The number of rotatable bonds is 4. The van der Waals surface area contributed by atoms with E-state index >= 15 is 0 Å². The first kappa shape index (κ1) is 20.6. The first-order chi connectivity index (χ1) is 14.4. The number of fused-ring (bicyclic) bond motifs is 1. The summed E-state index contributed by atoms with van der Waals surface area (Å²) in [6.45, 7) is 7.44. The van der Waals surface area contributed by atoms with Crippen molar-refractivity contribution in [2.75, 3.05) is 6.54 Å². The van der Waals surface area contributed by atoms with Crippen LogP contribution in [0.15, 0.2) is 34.9 Å². The zero-order valence-corrected chi connectivity index (χ0v) is 18.2. The molecule has 0 bridgehead atoms. The van der Waals surface area contributed by atoms with E-state index in [2.05, 4.69) is 31.1 Å². The highest BCUT2D eigenvalue weighted by Gasteiger charge is 2.51. The number of likely N-dealkylation sites (tertiary alicyclic amines) is 2. The Morgan fingerprint density at radius 3 is 2.83 bits per heavy atom. The minimum absolute atomic E-state index is 0.0200. The third-order valence-corrected chi connectivity index (χ3v) is 6.97. The Labute approximate surface area is 178 Å². The molecule has 0 aliphatic carbocycles. The fourth-order valence-corrected chi connectivity index (χ4v) is 5.01. The number of nitrogens with zero attached hydrogens (tertiary/aromatic N) is 3. The van der Waals surface area contributed by atoms with Crippen molar-refractivity contribution in [2.45, 2.75) is 77.4 Å². The van der Waals surface area contributed by atoms with E-state index in [0.29, 0.717) is 25.3 Å². The van der Waals surface area contributed by atoms with Crippen molar-refractivity contribution in [3.05, 3.63) is 52.9 Å². The van der Waals surface area contributed by atoms with Gasteiger partial charge in [0, 0.05) is 25.6 Å². The minimum atomic E-state index is -0.386. The highest BCUT2D eigenvalue weighted by atomic mass is 16.5. The second-order valence-corrected chi connectivity index (χ2v) is 8.81. The molecule has 2 aromatic rings. The molecule has 2 amide bonds. The van der Waals surface area contributed by atoms with Gasteiger partial charge in [-0.2, -0.15) is 0 Å². The number of carbonyl (C=O) groups excluding carboxylic acids is 2. The monoisotopic (exact) mass is 409 g/mol. The molecule has 1 aromatic heterocycles. The lowest BCUT2D eigenvalue weighted by Crippen LogP contribution is -2.58. The Hall–Kier alpha value is -2.63. The molecule has 0 spiro atoms. The van der Waals surface area contributed by atoms with Gasteiger partial charge in [0.05, 0.1) is 17.3 Å². The summed E-state index contributed by atoms with van der Waals surface area (Å²) in [6.07, 6.45) is 4.79. The molecule has 2 aliphatic heterocycles. The van der Waals surface area contributed by atoms with Gasteiger partial charge in [0.25, 0.3) is 5.91 Å². The second-order valence-electron chi connectivity index (χ2n) is 8.81. The van der Waals surface area contributed by atoms with Crippen molar-refractivity contribution in [1.82, 2.24) is 15.0 Å². The van der Waals surface area contributed by atoms with Gasteiger partial charge in [-0.3, -0.25) is 9.59 Å². The first-order valence-corrected chi connectivity index (χ1v) is 11.1. The van der Waals surface area contributed by atoms with Crippen LogP contribution in [0.2, 0.25) is 0 Å². The van der Waals surface area contributed by atoms with Crippen LogP contribution in [0.1, 0.15) is 73.3 Å². The van der Waals surface area contributed by atoms with E-state index in [1.165, 1.54) is 11.1 Å². The maximum atomic E-state index is 13.3. The van der Waals surface area contributed by atoms with Crippen LogP contribution in [-0.4, -0.2) is 44.9 Å². The second kappa shape index (κ2) is 8.25. The van der Waals surface area contributed by atoms with Crippen LogP contribution < -0.4 is 0 Å². The van der Waals surface area contributed by atoms with E-state index in [1.54, 1.807) is 6.07 Å². The molecule has 0 N–H and O–H groups in total. The summed E-state index contributed by atoms with van der Waals surface area (Å²) >= 11 is 0. The minimum Gasteiger partial charge on any atom is -0.351 e.